The number of hydrogen-bond acceptors (Lipinski definition) is 5. The molecule has 0 atom stereocenters. The first kappa shape index (κ1) is 28.6. The smallest absolute Gasteiger partial charge is 0.277 e. The van der Waals surface area contributed by atoms with Crippen molar-refractivity contribution in [1.82, 2.24) is 0 Å². The number of hydrogen-bond donors (Lipinski definition) is 0. The average molecular weight is 615 g/mol. The Morgan fingerprint density at radius 2 is 1.68 bits per heavy atom. The zero-order valence-electron chi connectivity index (χ0n) is 23.0. The van der Waals surface area contributed by atoms with E-state index in [4.69, 9.17) is 18.9 Å². The van der Waals surface area contributed by atoms with Gasteiger partial charge >= 0.3 is 0 Å². The van der Waals surface area contributed by atoms with E-state index in [9.17, 15) is 0 Å². The van der Waals surface area contributed by atoms with Gasteiger partial charge in [0.05, 0.1) is 12.8 Å². The summed E-state index contributed by atoms with van der Waals surface area (Å²) in [5, 5.41) is 0. The van der Waals surface area contributed by atoms with Crippen LogP contribution in [-0.4, -0.2) is 40.7 Å². The van der Waals surface area contributed by atoms with Crippen LogP contribution in [0.25, 0.3) is 5.57 Å². The number of alkyl halides is 2. The Morgan fingerprint density at radius 1 is 0.950 bits per heavy atom. The minimum Gasteiger partial charge on any atom is -0.496 e. The number of ether oxygens (including phenoxy) is 4. The lowest BCUT2D eigenvalue weighted by Gasteiger charge is -2.37. The second kappa shape index (κ2) is 12.3. The summed E-state index contributed by atoms with van der Waals surface area (Å²) in [6, 6.07) is 18.6. The lowest BCUT2D eigenvalue weighted by atomic mass is 9.84. The van der Waals surface area contributed by atoms with Crippen LogP contribution in [0.15, 0.2) is 71.2 Å². The van der Waals surface area contributed by atoms with E-state index in [0.717, 1.165) is 52.8 Å². The number of benzene rings is 3. The van der Waals surface area contributed by atoms with Crippen molar-refractivity contribution in [2.75, 3.05) is 39.3 Å². The monoisotopic (exact) mass is 613 g/mol. The van der Waals surface area contributed by atoms with Gasteiger partial charge in [-0.05, 0) is 63.7 Å². The molecule has 3 aromatic carbocycles. The van der Waals surface area contributed by atoms with Gasteiger partial charge in [0.2, 0.25) is 0 Å². The molecule has 0 spiro atoms. The molecule has 1 aliphatic heterocycles. The second-order valence-corrected chi connectivity index (χ2v) is 11.0. The number of rotatable bonds is 9. The van der Waals surface area contributed by atoms with Crippen LogP contribution >= 0.6 is 15.9 Å². The van der Waals surface area contributed by atoms with Crippen molar-refractivity contribution < 1.29 is 27.7 Å². The zero-order chi connectivity index (χ0) is 28.3. The van der Waals surface area contributed by atoms with E-state index in [0.29, 0.717) is 29.6 Å². The summed E-state index contributed by atoms with van der Waals surface area (Å²) in [5.41, 5.74) is 3.92. The van der Waals surface area contributed by atoms with Gasteiger partial charge in [-0.1, -0.05) is 42.5 Å². The lowest BCUT2D eigenvalue weighted by molar-refractivity contribution is -0.141. The number of nitrogens with zero attached hydrogens (tertiary/aromatic N) is 1. The normalized spacial score (nSPS) is 17.0. The average Bonchev–Trinajstić information content (AvgIpc) is 2.98. The molecule has 1 fully saturated rings. The quantitative estimate of drug-likeness (QED) is 0.230. The summed E-state index contributed by atoms with van der Waals surface area (Å²) < 4.78 is 53.9. The van der Waals surface area contributed by atoms with Crippen LogP contribution in [-0.2, 0) is 22.0 Å². The van der Waals surface area contributed by atoms with Crippen molar-refractivity contribution in [3.8, 4) is 11.5 Å². The minimum absolute atomic E-state index is 0.0364. The Hall–Kier alpha value is -2.94. The second-order valence-electron chi connectivity index (χ2n) is 10.2. The molecule has 212 valence electrons. The topological polar surface area (TPSA) is 40.2 Å². The minimum atomic E-state index is -3.00. The first-order chi connectivity index (χ1) is 19.3. The highest BCUT2D eigenvalue weighted by Crippen LogP contribution is 2.48. The summed E-state index contributed by atoms with van der Waals surface area (Å²) in [5.74, 6) is -1.61. The number of piperidine rings is 1. The maximum atomic E-state index is 15.2. The SMILES string of the molecule is COc1cc(N2CCC(C(OC)OC)CC2)c(Br)cc1C1=CCC(F)(F)c2cc(OCc3ccccc3)ccc21. The van der Waals surface area contributed by atoms with E-state index >= 15 is 8.78 Å². The third-order valence-corrected chi connectivity index (χ3v) is 8.41. The molecule has 0 aromatic heterocycles. The van der Waals surface area contributed by atoms with Gasteiger partial charge in [0.15, 0.2) is 6.29 Å². The van der Waals surface area contributed by atoms with Gasteiger partial charge < -0.3 is 23.8 Å². The lowest BCUT2D eigenvalue weighted by Crippen LogP contribution is -2.39. The fourth-order valence-corrected chi connectivity index (χ4v) is 6.25. The third-order valence-electron chi connectivity index (χ3n) is 7.78. The van der Waals surface area contributed by atoms with E-state index < -0.39 is 12.3 Å². The van der Waals surface area contributed by atoms with Gasteiger partial charge in [0, 0.05) is 61.3 Å². The van der Waals surface area contributed by atoms with Crippen LogP contribution in [0.4, 0.5) is 14.5 Å². The number of allylic oxidation sites excluding steroid dienone is 1. The fourth-order valence-electron chi connectivity index (χ4n) is 5.65. The van der Waals surface area contributed by atoms with Gasteiger partial charge in [0.1, 0.15) is 18.1 Å². The van der Waals surface area contributed by atoms with E-state index in [1.54, 1.807) is 39.5 Å². The molecule has 0 amide bonds. The van der Waals surface area contributed by atoms with Crippen molar-refractivity contribution in [2.24, 2.45) is 5.92 Å². The predicted molar refractivity (Wildman–Crippen MR) is 156 cm³/mol. The van der Waals surface area contributed by atoms with Gasteiger partial charge in [-0.3, -0.25) is 0 Å². The first-order valence-electron chi connectivity index (χ1n) is 13.4. The van der Waals surface area contributed by atoms with Gasteiger partial charge in [-0.25, -0.2) is 8.78 Å². The number of methoxy groups -OCH3 is 3. The summed E-state index contributed by atoms with van der Waals surface area (Å²) in [4.78, 5) is 2.31. The molecule has 0 radical (unpaired) electrons. The van der Waals surface area contributed by atoms with Crippen molar-refractivity contribution in [3.05, 3.63) is 93.5 Å². The molecule has 3 aromatic rings. The van der Waals surface area contributed by atoms with Gasteiger partial charge in [-0.2, -0.15) is 0 Å². The zero-order valence-corrected chi connectivity index (χ0v) is 24.5. The molecule has 1 aliphatic carbocycles. The van der Waals surface area contributed by atoms with Crippen molar-refractivity contribution in [3.63, 3.8) is 0 Å². The van der Waals surface area contributed by atoms with E-state index in [1.165, 1.54) is 6.07 Å². The molecule has 40 heavy (non-hydrogen) atoms. The van der Waals surface area contributed by atoms with Crippen LogP contribution in [0.2, 0.25) is 0 Å². The highest BCUT2D eigenvalue weighted by atomic mass is 79.9. The van der Waals surface area contributed by atoms with Crippen molar-refractivity contribution in [2.45, 2.75) is 38.1 Å². The highest BCUT2D eigenvalue weighted by Gasteiger charge is 2.38. The highest BCUT2D eigenvalue weighted by molar-refractivity contribution is 9.10. The third kappa shape index (κ3) is 5.90. The molecule has 0 saturated carbocycles. The Labute approximate surface area is 242 Å². The molecule has 0 bridgehead atoms. The molecule has 0 unspecified atom stereocenters. The molecule has 1 saturated heterocycles. The van der Waals surface area contributed by atoms with Crippen LogP contribution in [0.3, 0.4) is 0 Å². The standard InChI is InChI=1S/C32H34BrF2NO4/c1-37-30-19-29(36-15-12-22(13-16-36)31(38-2)39-3)28(33)18-26(30)24-11-14-32(34,35)27-17-23(9-10-25(24)27)40-20-21-7-5-4-6-8-21/h4-11,17-19,22,31H,12-16,20H2,1-3H3. The number of anilines is 1. The summed E-state index contributed by atoms with van der Waals surface area (Å²) in [6.07, 6.45) is 2.88. The molecule has 5 rings (SSSR count). The molecular formula is C32H34BrF2NO4. The Bertz CT molecular complexity index is 1350. The molecule has 1 heterocycles. The predicted octanol–water partition coefficient (Wildman–Crippen LogP) is 7.80. The molecular weight excluding hydrogens is 580 g/mol. The number of fused-ring (bicyclic) bond motifs is 1. The Kier molecular flexibility index (Phi) is 8.78. The van der Waals surface area contributed by atoms with Crippen LogP contribution in [0, 0.1) is 5.92 Å². The van der Waals surface area contributed by atoms with Gasteiger partial charge in [0.25, 0.3) is 5.92 Å². The van der Waals surface area contributed by atoms with Crippen molar-refractivity contribution in [1.29, 1.82) is 0 Å². The van der Waals surface area contributed by atoms with Crippen LogP contribution in [0.1, 0.15) is 41.5 Å². The Morgan fingerprint density at radius 3 is 2.35 bits per heavy atom. The molecule has 5 nitrogen and oxygen atoms in total. The van der Waals surface area contributed by atoms with Gasteiger partial charge in [-0.15, -0.1) is 0 Å². The molecule has 2 aliphatic rings. The fraction of sp³-hybridized carbons (Fsp3) is 0.375. The summed E-state index contributed by atoms with van der Waals surface area (Å²) in [6.45, 7) is 2.00. The maximum absolute atomic E-state index is 15.2. The van der Waals surface area contributed by atoms with E-state index in [2.05, 4.69) is 20.8 Å². The summed E-state index contributed by atoms with van der Waals surface area (Å²) in [7, 11) is 4.96. The van der Waals surface area contributed by atoms with Crippen molar-refractivity contribution >= 4 is 27.2 Å². The largest absolute Gasteiger partial charge is 0.496 e. The number of halogens is 3. The van der Waals surface area contributed by atoms with E-state index in [1.807, 2.05) is 42.5 Å². The Balaban J connectivity index is 1.41. The first-order valence-corrected chi connectivity index (χ1v) is 14.2. The van der Waals surface area contributed by atoms with Crippen LogP contribution < -0.4 is 14.4 Å². The maximum Gasteiger partial charge on any atom is 0.277 e. The molecule has 8 heteroatoms. The molecule has 0 N–H and O–H groups in total. The van der Waals surface area contributed by atoms with E-state index in [-0.39, 0.29) is 11.9 Å². The summed E-state index contributed by atoms with van der Waals surface area (Å²) >= 11 is 3.76. The van der Waals surface area contributed by atoms with Crippen LogP contribution in [0.5, 0.6) is 11.5 Å².